The van der Waals surface area contributed by atoms with Crippen LogP contribution in [0.4, 0.5) is 18.9 Å². The molecule has 2 N–H and O–H groups in total. The van der Waals surface area contributed by atoms with Gasteiger partial charge in [0.1, 0.15) is 6.54 Å². The number of rotatable bonds is 6. The highest BCUT2D eigenvalue weighted by Gasteiger charge is 2.28. The minimum Gasteiger partial charge on any atom is -0.343 e. The number of anilines is 1. The van der Waals surface area contributed by atoms with Crippen molar-refractivity contribution in [2.45, 2.75) is 20.0 Å². The Labute approximate surface area is 182 Å². The molecule has 0 fully saturated rings. The van der Waals surface area contributed by atoms with E-state index >= 15 is 0 Å². The van der Waals surface area contributed by atoms with E-state index in [2.05, 4.69) is 10.4 Å². The van der Waals surface area contributed by atoms with Gasteiger partial charge in [-0.3, -0.25) is 9.59 Å². The van der Waals surface area contributed by atoms with Gasteiger partial charge in [-0.05, 0) is 44.2 Å². The number of alkyl halides is 3. The number of amides is 2. The molecule has 0 bridgehead atoms. The lowest BCUT2D eigenvalue weighted by molar-refractivity contribution is -0.123. The summed E-state index contributed by atoms with van der Waals surface area (Å²) in [7, 11) is 0. The van der Waals surface area contributed by atoms with Crippen molar-refractivity contribution >= 4 is 23.6 Å². The summed E-state index contributed by atoms with van der Waals surface area (Å²) in [6, 6.07) is 15.4. The van der Waals surface area contributed by atoms with Crippen molar-refractivity contribution < 1.29 is 22.8 Å². The summed E-state index contributed by atoms with van der Waals surface area (Å²) in [6.07, 6.45) is -1.63. The third-order valence-electron chi connectivity index (χ3n) is 4.63. The van der Waals surface area contributed by atoms with Gasteiger partial charge < -0.3 is 10.6 Å². The van der Waals surface area contributed by atoms with Gasteiger partial charge in [-0.15, -0.1) is 0 Å². The second-order valence-corrected chi connectivity index (χ2v) is 7.00. The summed E-state index contributed by atoms with van der Waals surface area (Å²) in [5.41, 5.74) is 3.25. The molecule has 0 saturated heterocycles. The summed E-state index contributed by atoms with van der Waals surface area (Å²) in [6.45, 7) is 2.24. The van der Waals surface area contributed by atoms with Crippen LogP contribution in [0.15, 0.2) is 60.7 Å². The van der Waals surface area contributed by atoms with Crippen LogP contribution in [0.1, 0.15) is 27.3 Å². The van der Waals surface area contributed by atoms with E-state index in [0.29, 0.717) is 0 Å². The van der Waals surface area contributed by atoms with Crippen LogP contribution in [-0.2, 0) is 4.79 Å². The Kier molecular flexibility index (Phi) is 6.77. The Hall–Kier alpha value is -3.88. The molecule has 166 valence electrons. The molecule has 0 atom stereocenters. The minimum absolute atomic E-state index is 0.0669. The Bertz CT molecular complexity index is 1150. The van der Waals surface area contributed by atoms with E-state index in [-0.39, 0.29) is 11.3 Å². The number of hydrogen-bond acceptors (Lipinski definition) is 3. The SMILES string of the molecule is Cc1nn(-c2ccccc2)c(C)c1/C=C/C(=O)Nc1ccccc1C(=O)NCC(F)(F)F. The van der Waals surface area contributed by atoms with Gasteiger partial charge in [0.05, 0.1) is 22.6 Å². The third-order valence-corrected chi connectivity index (χ3v) is 4.63. The maximum atomic E-state index is 12.4. The number of benzene rings is 2. The molecule has 9 heteroatoms. The van der Waals surface area contributed by atoms with Crippen LogP contribution in [-0.4, -0.2) is 34.3 Å². The van der Waals surface area contributed by atoms with Crippen molar-refractivity contribution in [2.24, 2.45) is 0 Å². The van der Waals surface area contributed by atoms with Gasteiger partial charge in [0.25, 0.3) is 5.91 Å². The zero-order chi connectivity index (χ0) is 23.3. The molecule has 0 radical (unpaired) electrons. The standard InChI is InChI=1S/C23H21F3N4O2/c1-15-18(16(2)30(29-15)17-8-4-3-5-9-17)12-13-21(31)28-20-11-7-6-10-19(20)22(32)27-14-23(24,25)26/h3-13H,14H2,1-2H3,(H,27,32)(H,28,31)/b13-12+. The van der Waals surface area contributed by atoms with E-state index < -0.39 is 24.5 Å². The summed E-state index contributed by atoms with van der Waals surface area (Å²) < 4.78 is 38.9. The molecule has 2 amide bonds. The average molecular weight is 442 g/mol. The topological polar surface area (TPSA) is 76.0 Å². The van der Waals surface area contributed by atoms with Crippen LogP contribution in [0.25, 0.3) is 11.8 Å². The predicted molar refractivity (Wildman–Crippen MR) is 116 cm³/mol. The first kappa shape index (κ1) is 22.8. The summed E-state index contributed by atoms with van der Waals surface area (Å²) in [5.74, 6) is -1.47. The first-order valence-corrected chi connectivity index (χ1v) is 9.70. The molecule has 0 saturated carbocycles. The summed E-state index contributed by atoms with van der Waals surface area (Å²) in [4.78, 5) is 24.5. The highest BCUT2D eigenvalue weighted by atomic mass is 19.4. The van der Waals surface area contributed by atoms with E-state index in [0.717, 1.165) is 22.6 Å². The lowest BCUT2D eigenvalue weighted by Gasteiger charge is -2.11. The van der Waals surface area contributed by atoms with Gasteiger partial charge in [-0.2, -0.15) is 18.3 Å². The van der Waals surface area contributed by atoms with E-state index in [9.17, 15) is 22.8 Å². The maximum Gasteiger partial charge on any atom is 0.405 e. The van der Waals surface area contributed by atoms with Gasteiger partial charge in [-0.25, -0.2) is 4.68 Å². The van der Waals surface area contributed by atoms with Crippen molar-refractivity contribution in [3.8, 4) is 5.69 Å². The van der Waals surface area contributed by atoms with Gasteiger partial charge in [0.2, 0.25) is 5.91 Å². The van der Waals surface area contributed by atoms with Crippen LogP contribution in [0.5, 0.6) is 0 Å². The fourth-order valence-corrected chi connectivity index (χ4v) is 3.12. The molecule has 1 heterocycles. The van der Waals surface area contributed by atoms with Gasteiger partial charge >= 0.3 is 6.18 Å². The number of nitrogens with zero attached hydrogens (tertiary/aromatic N) is 2. The van der Waals surface area contributed by atoms with Gasteiger partial charge in [0, 0.05) is 17.3 Å². The lowest BCUT2D eigenvalue weighted by Crippen LogP contribution is -2.34. The van der Waals surface area contributed by atoms with Crippen molar-refractivity contribution in [1.82, 2.24) is 15.1 Å². The molecule has 0 unspecified atom stereocenters. The van der Waals surface area contributed by atoms with Crippen LogP contribution in [0.3, 0.4) is 0 Å². The Morgan fingerprint density at radius 3 is 2.38 bits per heavy atom. The van der Waals surface area contributed by atoms with E-state index in [1.165, 1.54) is 24.3 Å². The zero-order valence-electron chi connectivity index (χ0n) is 17.4. The van der Waals surface area contributed by atoms with Crippen molar-refractivity contribution in [1.29, 1.82) is 0 Å². The molecule has 2 aromatic carbocycles. The molecule has 6 nitrogen and oxygen atoms in total. The number of aromatic nitrogens is 2. The largest absolute Gasteiger partial charge is 0.405 e. The third kappa shape index (κ3) is 5.63. The number of carbonyl (C=O) groups is 2. The highest BCUT2D eigenvalue weighted by molar-refractivity contribution is 6.07. The summed E-state index contributed by atoms with van der Waals surface area (Å²) in [5, 5.41) is 8.85. The molecule has 1 aromatic heterocycles. The number of aryl methyl sites for hydroxylation is 1. The highest BCUT2D eigenvalue weighted by Crippen LogP contribution is 2.20. The van der Waals surface area contributed by atoms with Crippen molar-refractivity contribution in [2.75, 3.05) is 11.9 Å². The average Bonchev–Trinajstić information content (AvgIpc) is 3.04. The quantitative estimate of drug-likeness (QED) is 0.555. The van der Waals surface area contributed by atoms with Gasteiger partial charge in [0.15, 0.2) is 0 Å². The van der Waals surface area contributed by atoms with Crippen molar-refractivity contribution in [3.05, 3.63) is 83.2 Å². The van der Waals surface area contributed by atoms with Crippen LogP contribution in [0.2, 0.25) is 0 Å². The van der Waals surface area contributed by atoms with E-state index in [1.54, 1.807) is 22.1 Å². The second kappa shape index (κ2) is 9.51. The Morgan fingerprint density at radius 2 is 1.69 bits per heavy atom. The van der Waals surface area contributed by atoms with Crippen LogP contribution >= 0.6 is 0 Å². The van der Waals surface area contributed by atoms with Crippen LogP contribution in [0, 0.1) is 13.8 Å². The van der Waals surface area contributed by atoms with Crippen LogP contribution < -0.4 is 10.6 Å². The molecule has 0 aliphatic rings. The maximum absolute atomic E-state index is 12.4. The fraction of sp³-hybridized carbons (Fsp3) is 0.174. The number of nitrogens with one attached hydrogen (secondary N) is 2. The molecule has 3 aromatic rings. The van der Waals surface area contributed by atoms with Crippen molar-refractivity contribution in [3.63, 3.8) is 0 Å². The number of para-hydroxylation sites is 2. The van der Waals surface area contributed by atoms with E-state index in [4.69, 9.17) is 0 Å². The van der Waals surface area contributed by atoms with Gasteiger partial charge in [-0.1, -0.05) is 30.3 Å². The molecule has 0 aliphatic heterocycles. The Morgan fingerprint density at radius 1 is 1.03 bits per heavy atom. The number of carbonyl (C=O) groups excluding carboxylic acids is 2. The molecule has 3 rings (SSSR count). The first-order valence-electron chi connectivity index (χ1n) is 9.70. The smallest absolute Gasteiger partial charge is 0.343 e. The second-order valence-electron chi connectivity index (χ2n) is 7.00. The lowest BCUT2D eigenvalue weighted by atomic mass is 10.1. The summed E-state index contributed by atoms with van der Waals surface area (Å²) >= 11 is 0. The molecular formula is C23H21F3N4O2. The molecule has 0 aliphatic carbocycles. The molecule has 0 spiro atoms. The molecular weight excluding hydrogens is 421 g/mol. The number of hydrogen-bond donors (Lipinski definition) is 2. The minimum atomic E-state index is -4.53. The zero-order valence-corrected chi connectivity index (χ0v) is 17.4. The predicted octanol–water partition coefficient (Wildman–Crippen LogP) is 4.43. The monoisotopic (exact) mass is 442 g/mol. The van der Waals surface area contributed by atoms with E-state index in [1.807, 2.05) is 44.2 Å². The first-order chi connectivity index (χ1) is 15.2. The number of halogens is 3. The molecule has 32 heavy (non-hydrogen) atoms. The Balaban J connectivity index is 1.75. The fourth-order valence-electron chi connectivity index (χ4n) is 3.12. The normalized spacial score (nSPS) is 11.5.